The zero-order valence-electron chi connectivity index (χ0n) is 11.7. The zero-order valence-corrected chi connectivity index (χ0v) is 11.7. The number of aromatic nitrogens is 2. The van der Waals surface area contributed by atoms with Crippen molar-refractivity contribution in [1.29, 1.82) is 0 Å². The van der Waals surface area contributed by atoms with Crippen molar-refractivity contribution in [2.24, 2.45) is 0 Å². The van der Waals surface area contributed by atoms with Crippen LogP contribution in [-0.2, 0) is 6.42 Å². The molecule has 3 heteroatoms. The van der Waals surface area contributed by atoms with Gasteiger partial charge in [0.05, 0.1) is 5.69 Å². The molecule has 3 nitrogen and oxygen atoms in total. The summed E-state index contributed by atoms with van der Waals surface area (Å²) < 4.78 is 2.04. The van der Waals surface area contributed by atoms with Crippen LogP contribution < -0.4 is 5.32 Å². The van der Waals surface area contributed by atoms with Gasteiger partial charge in [0, 0.05) is 24.7 Å². The van der Waals surface area contributed by atoms with E-state index in [0.717, 1.165) is 13.0 Å². The summed E-state index contributed by atoms with van der Waals surface area (Å²) in [6.07, 6.45) is 6.79. The van der Waals surface area contributed by atoms with Gasteiger partial charge in [-0.05, 0) is 39.3 Å². The molecule has 0 aliphatic rings. The third-order valence-electron chi connectivity index (χ3n) is 2.97. The Bertz CT molecular complexity index is 304. The van der Waals surface area contributed by atoms with Gasteiger partial charge in [-0.3, -0.25) is 4.68 Å². The molecule has 1 aromatic heterocycles. The normalized spacial score (nSPS) is 13.2. The molecule has 98 valence electrons. The van der Waals surface area contributed by atoms with Gasteiger partial charge in [0.1, 0.15) is 0 Å². The lowest BCUT2D eigenvalue weighted by molar-refractivity contribution is 0.461. The highest BCUT2D eigenvalue weighted by atomic mass is 15.3. The lowest BCUT2D eigenvalue weighted by Gasteiger charge is -2.16. The highest BCUT2D eigenvalue weighted by Gasteiger charge is 2.10. The Morgan fingerprint density at radius 3 is 2.59 bits per heavy atom. The fraction of sp³-hybridized carbons (Fsp3) is 0.786. The second kappa shape index (κ2) is 7.49. The van der Waals surface area contributed by atoms with E-state index < -0.39 is 0 Å². The van der Waals surface area contributed by atoms with Crippen LogP contribution in [0.1, 0.15) is 58.7 Å². The maximum absolute atomic E-state index is 4.62. The monoisotopic (exact) mass is 237 g/mol. The minimum Gasteiger partial charge on any atom is -0.314 e. The van der Waals surface area contributed by atoms with Crippen LogP contribution >= 0.6 is 0 Å². The molecular formula is C14H27N3. The van der Waals surface area contributed by atoms with Crippen molar-refractivity contribution < 1.29 is 0 Å². The molecule has 0 spiro atoms. The van der Waals surface area contributed by atoms with Crippen LogP contribution in [-0.4, -0.2) is 22.4 Å². The van der Waals surface area contributed by atoms with Crippen LogP contribution in [0.3, 0.4) is 0 Å². The van der Waals surface area contributed by atoms with Crippen LogP contribution in [0, 0.1) is 0 Å². The van der Waals surface area contributed by atoms with E-state index in [2.05, 4.69) is 50.4 Å². The van der Waals surface area contributed by atoms with E-state index in [1.54, 1.807) is 0 Å². The number of nitrogens with one attached hydrogen (secondary N) is 1. The van der Waals surface area contributed by atoms with E-state index in [9.17, 15) is 0 Å². The molecule has 1 aromatic rings. The first-order valence-corrected chi connectivity index (χ1v) is 6.94. The first kappa shape index (κ1) is 14.2. The summed E-state index contributed by atoms with van der Waals surface area (Å²) in [6, 6.07) is 3.18. The average Bonchev–Trinajstić information content (AvgIpc) is 2.75. The molecule has 0 aromatic carbocycles. The van der Waals surface area contributed by atoms with Crippen LogP contribution in [0.5, 0.6) is 0 Å². The lowest BCUT2D eigenvalue weighted by atomic mass is 10.1. The van der Waals surface area contributed by atoms with Crippen molar-refractivity contribution in [1.82, 2.24) is 15.1 Å². The molecule has 1 N–H and O–H groups in total. The van der Waals surface area contributed by atoms with Gasteiger partial charge in [0.15, 0.2) is 0 Å². The van der Waals surface area contributed by atoms with E-state index >= 15 is 0 Å². The maximum Gasteiger partial charge on any atom is 0.0640 e. The predicted molar refractivity (Wildman–Crippen MR) is 73.3 cm³/mol. The largest absolute Gasteiger partial charge is 0.314 e. The topological polar surface area (TPSA) is 29.9 Å². The van der Waals surface area contributed by atoms with Gasteiger partial charge in [-0.15, -0.1) is 0 Å². The van der Waals surface area contributed by atoms with Crippen molar-refractivity contribution in [3.05, 3.63) is 18.0 Å². The fourth-order valence-corrected chi connectivity index (χ4v) is 2.00. The minimum absolute atomic E-state index is 0.456. The fourth-order valence-electron chi connectivity index (χ4n) is 2.00. The molecule has 1 rings (SSSR count). The first-order valence-electron chi connectivity index (χ1n) is 6.94. The van der Waals surface area contributed by atoms with Crippen molar-refractivity contribution >= 4 is 0 Å². The van der Waals surface area contributed by atoms with E-state index in [4.69, 9.17) is 0 Å². The van der Waals surface area contributed by atoms with Gasteiger partial charge < -0.3 is 5.32 Å². The second-order valence-corrected chi connectivity index (χ2v) is 5.02. The molecule has 0 aliphatic heterocycles. The summed E-state index contributed by atoms with van der Waals surface area (Å²) in [5, 5.41) is 8.22. The predicted octanol–water partition coefficient (Wildman–Crippen LogP) is 3.17. The molecule has 1 atom stereocenters. The summed E-state index contributed by atoms with van der Waals surface area (Å²) in [5.74, 6) is 0. The Morgan fingerprint density at radius 1 is 1.29 bits per heavy atom. The average molecular weight is 237 g/mol. The molecule has 17 heavy (non-hydrogen) atoms. The summed E-state index contributed by atoms with van der Waals surface area (Å²) in [5.41, 5.74) is 1.21. The Hall–Kier alpha value is -0.830. The third-order valence-corrected chi connectivity index (χ3v) is 2.97. The van der Waals surface area contributed by atoms with Crippen LogP contribution in [0.4, 0.5) is 0 Å². The third kappa shape index (κ3) is 4.90. The van der Waals surface area contributed by atoms with Crippen molar-refractivity contribution in [2.75, 3.05) is 6.54 Å². The summed E-state index contributed by atoms with van der Waals surface area (Å²) in [6.45, 7) is 9.89. The van der Waals surface area contributed by atoms with Crippen LogP contribution in [0.25, 0.3) is 0 Å². The number of rotatable bonds is 8. The quantitative estimate of drug-likeness (QED) is 0.752. The van der Waals surface area contributed by atoms with Gasteiger partial charge in [0.2, 0.25) is 0 Å². The highest BCUT2D eigenvalue weighted by molar-refractivity contribution is 5.02. The molecule has 0 bridgehead atoms. The molecule has 0 saturated carbocycles. The van der Waals surface area contributed by atoms with E-state index in [-0.39, 0.29) is 0 Å². The molecule has 0 fully saturated rings. The van der Waals surface area contributed by atoms with Gasteiger partial charge in [-0.1, -0.05) is 20.3 Å². The molecule has 0 aliphatic carbocycles. The molecular weight excluding hydrogens is 210 g/mol. The number of hydrogen-bond acceptors (Lipinski definition) is 2. The van der Waals surface area contributed by atoms with E-state index in [1.165, 1.54) is 25.0 Å². The summed E-state index contributed by atoms with van der Waals surface area (Å²) >= 11 is 0. The van der Waals surface area contributed by atoms with E-state index in [0.29, 0.717) is 12.1 Å². The minimum atomic E-state index is 0.456. The second-order valence-electron chi connectivity index (χ2n) is 5.02. The maximum atomic E-state index is 4.62. The van der Waals surface area contributed by atoms with E-state index in [1.807, 2.05) is 4.68 Å². The van der Waals surface area contributed by atoms with Crippen molar-refractivity contribution in [3.8, 4) is 0 Å². The van der Waals surface area contributed by atoms with Gasteiger partial charge >= 0.3 is 0 Å². The number of nitrogens with zero attached hydrogens (tertiary/aromatic N) is 2. The Balaban J connectivity index is 2.52. The Kier molecular flexibility index (Phi) is 6.27. The molecule has 1 heterocycles. The first-order chi connectivity index (χ1) is 8.17. The smallest absolute Gasteiger partial charge is 0.0640 e. The van der Waals surface area contributed by atoms with Crippen molar-refractivity contribution in [2.45, 2.75) is 65.5 Å². The standard InChI is InChI=1S/C14H27N3/c1-5-7-13(15-9-6-2)11-14-8-10-17(16-14)12(3)4/h8,10,12-13,15H,5-7,9,11H2,1-4H3. The SMILES string of the molecule is CCCNC(CCC)Cc1ccn(C(C)C)n1. The molecule has 0 amide bonds. The molecule has 0 radical (unpaired) electrons. The number of hydrogen-bond donors (Lipinski definition) is 1. The molecule has 1 unspecified atom stereocenters. The van der Waals surface area contributed by atoms with Gasteiger partial charge in [-0.25, -0.2) is 0 Å². The molecule has 0 saturated heterocycles. The summed E-state index contributed by atoms with van der Waals surface area (Å²) in [4.78, 5) is 0. The van der Waals surface area contributed by atoms with Crippen molar-refractivity contribution in [3.63, 3.8) is 0 Å². The highest BCUT2D eigenvalue weighted by Crippen LogP contribution is 2.09. The summed E-state index contributed by atoms with van der Waals surface area (Å²) in [7, 11) is 0. The lowest BCUT2D eigenvalue weighted by Crippen LogP contribution is -2.31. The zero-order chi connectivity index (χ0) is 12.7. The van der Waals surface area contributed by atoms with Gasteiger partial charge in [0.25, 0.3) is 0 Å². The van der Waals surface area contributed by atoms with Crippen LogP contribution in [0.2, 0.25) is 0 Å². The van der Waals surface area contributed by atoms with Gasteiger partial charge in [-0.2, -0.15) is 5.10 Å². The Morgan fingerprint density at radius 2 is 2.06 bits per heavy atom. The Labute approximate surface area is 106 Å². The van der Waals surface area contributed by atoms with Crippen LogP contribution in [0.15, 0.2) is 12.3 Å².